The van der Waals surface area contributed by atoms with Gasteiger partial charge in [-0.2, -0.15) is 0 Å². The van der Waals surface area contributed by atoms with Crippen LogP contribution in [0, 0.1) is 0 Å². The van der Waals surface area contributed by atoms with Crippen molar-refractivity contribution in [1.82, 2.24) is 18.7 Å². The molecule has 5 heterocycles. The van der Waals surface area contributed by atoms with Crippen molar-refractivity contribution < 1.29 is 0 Å². The average Bonchev–Trinajstić information content (AvgIpc) is 3.94. The maximum absolute atomic E-state index is 5.12. The van der Waals surface area contributed by atoms with Crippen LogP contribution in [0.2, 0.25) is 0 Å². The molecule has 0 amide bonds. The highest BCUT2D eigenvalue weighted by atomic mass is 32.1. The number of fused-ring (bicyclic) bond motifs is 12. The molecule has 0 aliphatic carbocycles. The van der Waals surface area contributed by atoms with Crippen molar-refractivity contribution in [3.63, 3.8) is 0 Å². The summed E-state index contributed by atoms with van der Waals surface area (Å²) in [6.07, 6.45) is 1.98. The first kappa shape index (κ1) is 28.1. The summed E-state index contributed by atoms with van der Waals surface area (Å²) in [4.78, 5) is 5.12. The molecule has 0 bridgehead atoms. The van der Waals surface area contributed by atoms with E-state index in [9.17, 15) is 0 Å². The van der Waals surface area contributed by atoms with Gasteiger partial charge in [-0.15, -0.1) is 11.3 Å². The van der Waals surface area contributed by atoms with E-state index in [-0.39, 0.29) is 0 Å². The molecule has 52 heavy (non-hydrogen) atoms. The fourth-order valence-electron chi connectivity index (χ4n) is 8.71. The third-order valence-corrected chi connectivity index (χ3v) is 12.1. The Morgan fingerprint density at radius 3 is 1.31 bits per heavy atom. The van der Waals surface area contributed by atoms with Gasteiger partial charge in [0.05, 0.1) is 37.8 Å². The van der Waals surface area contributed by atoms with E-state index in [0.717, 1.165) is 28.2 Å². The van der Waals surface area contributed by atoms with E-state index in [1.807, 2.05) is 17.5 Å². The number of rotatable bonds is 3. The highest BCUT2D eigenvalue weighted by molar-refractivity contribution is 7.26. The Kier molecular flexibility index (Phi) is 5.62. The standard InChI is InChI=1S/C47H28N4S/c1-6-16-39-31(11-1)32-12-2-7-17-40(32)49(39)29-21-23-44-37(27-29)35-15-5-10-20-43(35)51(44)47-46-36(25-26-48-47)38-28-30(22-24-45(38)52-46)50-41-18-8-3-13-33(41)34-14-4-9-19-42(34)50/h1-28H. The van der Waals surface area contributed by atoms with Gasteiger partial charge < -0.3 is 9.13 Å². The smallest absolute Gasteiger partial charge is 0.155 e. The van der Waals surface area contributed by atoms with E-state index in [2.05, 4.69) is 177 Å². The summed E-state index contributed by atoms with van der Waals surface area (Å²) < 4.78 is 9.60. The van der Waals surface area contributed by atoms with Crippen LogP contribution >= 0.6 is 11.3 Å². The van der Waals surface area contributed by atoms with Gasteiger partial charge in [0.15, 0.2) is 5.82 Å². The minimum atomic E-state index is 0.966. The van der Waals surface area contributed by atoms with Crippen LogP contribution < -0.4 is 0 Å². The number of hydrogen-bond acceptors (Lipinski definition) is 2. The molecule has 0 radical (unpaired) electrons. The third kappa shape index (κ3) is 3.72. The molecule has 0 fully saturated rings. The highest BCUT2D eigenvalue weighted by Crippen LogP contribution is 2.42. The molecule has 5 aromatic heterocycles. The molecule has 0 saturated carbocycles. The number of thiophene rings is 1. The van der Waals surface area contributed by atoms with E-state index in [0.29, 0.717) is 0 Å². The molecule has 12 aromatic rings. The van der Waals surface area contributed by atoms with Gasteiger partial charge in [0.2, 0.25) is 0 Å². The topological polar surface area (TPSA) is 27.7 Å². The lowest BCUT2D eigenvalue weighted by molar-refractivity contribution is 1.10. The Bertz CT molecular complexity index is 3320. The van der Waals surface area contributed by atoms with Gasteiger partial charge in [-0.1, -0.05) is 91.0 Å². The average molecular weight is 681 g/mol. The number of hydrogen-bond donors (Lipinski definition) is 0. The normalized spacial score (nSPS) is 12.2. The van der Waals surface area contributed by atoms with Crippen LogP contribution in [-0.4, -0.2) is 18.7 Å². The summed E-state index contributed by atoms with van der Waals surface area (Å²) in [5.74, 6) is 0.966. The van der Waals surface area contributed by atoms with Gasteiger partial charge >= 0.3 is 0 Å². The molecular formula is C47H28N4S. The molecule has 0 aliphatic heterocycles. The molecule has 0 saturated heterocycles. The minimum absolute atomic E-state index is 0.966. The predicted molar refractivity (Wildman–Crippen MR) is 220 cm³/mol. The largest absolute Gasteiger partial charge is 0.309 e. The summed E-state index contributed by atoms with van der Waals surface area (Å²) in [5.41, 5.74) is 9.48. The summed E-state index contributed by atoms with van der Waals surface area (Å²) in [7, 11) is 0. The molecule has 242 valence electrons. The maximum atomic E-state index is 5.12. The summed E-state index contributed by atoms with van der Waals surface area (Å²) in [6.45, 7) is 0. The fraction of sp³-hybridized carbons (Fsp3) is 0. The second kappa shape index (κ2) is 10.4. The van der Waals surface area contributed by atoms with E-state index >= 15 is 0 Å². The molecule has 12 rings (SSSR count). The zero-order valence-electron chi connectivity index (χ0n) is 27.9. The molecule has 0 atom stereocenters. The van der Waals surface area contributed by atoms with Crippen molar-refractivity contribution in [1.29, 1.82) is 0 Å². The molecule has 0 aliphatic rings. The number of pyridine rings is 1. The Morgan fingerprint density at radius 2 is 0.769 bits per heavy atom. The van der Waals surface area contributed by atoms with Gasteiger partial charge in [-0.3, -0.25) is 4.57 Å². The molecular weight excluding hydrogens is 653 g/mol. The first-order valence-corrected chi connectivity index (χ1v) is 18.5. The molecule has 0 N–H and O–H groups in total. The van der Waals surface area contributed by atoms with Crippen LogP contribution in [-0.2, 0) is 0 Å². The van der Waals surface area contributed by atoms with Crippen LogP contribution in [0.5, 0.6) is 0 Å². The Morgan fingerprint density at radius 1 is 0.346 bits per heavy atom. The second-order valence-corrected chi connectivity index (χ2v) is 14.6. The van der Waals surface area contributed by atoms with Crippen molar-refractivity contribution in [2.75, 3.05) is 0 Å². The predicted octanol–water partition coefficient (Wildman–Crippen LogP) is 12.7. The zero-order chi connectivity index (χ0) is 33.9. The first-order chi connectivity index (χ1) is 25.8. The summed E-state index contributed by atoms with van der Waals surface area (Å²) in [6, 6.07) is 59.6. The number of nitrogens with zero attached hydrogens (tertiary/aromatic N) is 4. The van der Waals surface area contributed by atoms with Gasteiger partial charge in [0.25, 0.3) is 0 Å². The van der Waals surface area contributed by atoms with Crippen LogP contribution in [0.25, 0.3) is 103 Å². The van der Waals surface area contributed by atoms with Gasteiger partial charge in [0, 0.05) is 65.4 Å². The molecule has 7 aromatic carbocycles. The quantitative estimate of drug-likeness (QED) is 0.182. The minimum Gasteiger partial charge on any atom is -0.309 e. The van der Waals surface area contributed by atoms with E-state index < -0.39 is 0 Å². The van der Waals surface area contributed by atoms with Gasteiger partial charge in [-0.25, -0.2) is 4.98 Å². The third-order valence-electron chi connectivity index (χ3n) is 10.9. The van der Waals surface area contributed by atoms with Crippen molar-refractivity contribution in [2.45, 2.75) is 0 Å². The monoisotopic (exact) mass is 680 g/mol. The number of aromatic nitrogens is 4. The fourth-order valence-corrected chi connectivity index (χ4v) is 9.86. The summed E-state index contributed by atoms with van der Waals surface area (Å²) >= 11 is 1.82. The van der Waals surface area contributed by atoms with Crippen molar-refractivity contribution in [2.24, 2.45) is 0 Å². The lowest BCUT2D eigenvalue weighted by atomic mass is 10.1. The first-order valence-electron chi connectivity index (χ1n) is 17.6. The van der Waals surface area contributed by atoms with Gasteiger partial charge in [-0.05, 0) is 72.8 Å². The van der Waals surface area contributed by atoms with Crippen molar-refractivity contribution in [3.05, 3.63) is 170 Å². The molecule has 5 heteroatoms. The Hall–Kier alpha value is -6.69. The van der Waals surface area contributed by atoms with Crippen molar-refractivity contribution in [3.8, 4) is 17.2 Å². The Balaban J connectivity index is 1.09. The number of para-hydroxylation sites is 5. The van der Waals surface area contributed by atoms with Gasteiger partial charge in [0.1, 0.15) is 0 Å². The van der Waals surface area contributed by atoms with Crippen LogP contribution in [0.15, 0.2) is 170 Å². The SMILES string of the molecule is c1ccc2c(c1)c1ccccc1n2-c1ccc2sc3c(-n4c5ccccc5c5cc(-n6c7ccccc7c7ccccc76)ccc54)nccc3c2c1. The zero-order valence-corrected chi connectivity index (χ0v) is 28.7. The van der Waals surface area contributed by atoms with E-state index in [1.165, 1.54) is 74.6 Å². The van der Waals surface area contributed by atoms with E-state index in [1.54, 1.807) is 0 Å². The lowest BCUT2D eigenvalue weighted by Gasteiger charge is -2.10. The second-order valence-electron chi connectivity index (χ2n) is 13.6. The number of benzene rings is 7. The van der Waals surface area contributed by atoms with Crippen LogP contribution in [0.4, 0.5) is 0 Å². The maximum Gasteiger partial charge on any atom is 0.155 e. The van der Waals surface area contributed by atoms with Crippen LogP contribution in [0.1, 0.15) is 0 Å². The molecule has 0 unspecified atom stereocenters. The van der Waals surface area contributed by atoms with Crippen LogP contribution in [0.3, 0.4) is 0 Å². The van der Waals surface area contributed by atoms with E-state index in [4.69, 9.17) is 4.98 Å². The molecule has 0 spiro atoms. The lowest BCUT2D eigenvalue weighted by Crippen LogP contribution is -1.98. The summed E-state index contributed by atoms with van der Waals surface area (Å²) in [5, 5.41) is 9.97. The van der Waals surface area contributed by atoms with Crippen molar-refractivity contribution >= 4 is 96.9 Å². The highest BCUT2D eigenvalue weighted by Gasteiger charge is 2.20. The Labute approximate surface area is 301 Å². The molecule has 4 nitrogen and oxygen atoms in total.